The lowest BCUT2D eigenvalue weighted by Gasteiger charge is -2.04. The summed E-state index contributed by atoms with van der Waals surface area (Å²) in [6, 6.07) is 1.39. The van der Waals surface area contributed by atoms with Gasteiger partial charge in [0.05, 0.1) is 12.8 Å². The average Bonchev–Trinajstić information content (AvgIpc) is 2.25. The third-order valence-electron chi connectivity index (χ3n) is 2.03. The fourth-order valence-corrected chi connectivity index (χ4v) is 1.16. The van der Waals surface area contributed by atoms with Crippen LogP contribution >= 0.6 is 0 Å². The van der Waals surface area contributed by atoms with Gasteiger partial charge in [-0.3, -0.25) is 4.79 Å². The molecule has 6 heteroatoms. The number of pyridine rings is 1. The molecule has 0 spiro atoms. The smallest absolute Gasteiger partial charge is 0.310 e. The van der Waals surface area contributed by atoms with Crippen molar-refractivity contribution in [3.63, 3.8) is 0 Å². The zero-order valence-corrected chi connectivity index (χ0v) is 9.23. The molecule has 0 aliphatic carbocycles. The molecule has 0 atom stereocenters. The molecule has 16 heavy (non-hydrogen) atoms. The van der Waals surface area contributed by atoms with Crippen molar-refractivity contribution in [2.75, 3.05) is 7.11 Å². The molecule has 0 fully saturated rings. The highest BCUT2D eigenvalue weighted by Crippen LogP contribution is 2.08. The summed E-state index contributed by atoms with van der Waals surface area (Å²) in [6.45, 7) is 5.57. The van der Waals surface area contributed by atoms with Gasteiger partial charge in [-0.15, -0.1) is 0 Å². The molecule has 0 aliphatic heterocycles. The van der Waals surface area contributed by atoms with Crippen molar-refractivity contribution < 1.29 is 4.74 Å². The van der Waals surface area contributed by atoms with E-state index in [0.29, 0.717) is 11.4 Å². The molecule has 0 aromatic carbocycles. The first-order chi connectivity index (χ1) is 7.58. The molecule has 0 amide bonds. The number of hydrogen-bond donors (Lipinski definition) is 1. The lowest BCUT2D eigenvalue weighted by molar-refractivity contribution is 0.405. The third-order valence-corrected chi connectivity index (χ3v) is 2.03. The molecule has 0 saturated heterocycles. The molecule has 1 heterocycles. The van der Waals surface area contributed by atoms with Gasteiger partial charge in [0, 0.05) is 23.0 Å². The number of aromatic amines is 1. The van der Waals surface area contributed by atoms with Gasteiger partial charge in [-0.2, -0.15) is 0 Å². The maximum Gasteiger partial charge on any atom is 0.310 e. The zero-order valence-electron chi connectivity index (χ0n) is 9.23. The van der Waals surface area contributed by atoms with Crippen LogP contribution in [0.1, 0.15) is 12.6 Å². The molecule has 1 aromatic rings. The number of methoxy groups -OCH3 is 1. The lowest BCUT2D eigenvalue weighted by atomic mass is 10.3. The monoisotopic (exact) mass is 221 g/mol. The molecule has 6 nitrogen and oxygen atoms in total. The van der Waals surface area contributed by atoms with E-state index in [1.165, 1.54) is 24.4 Å². The minimum absolute atomic E-state index is 0.226. The second-order valence-corrected chi connectivity index (χ2v) is 3.27. The molecule has 1 rings (SSSR count). The Hall–Kier alpha value is -2.29. The first-order valence-electron chi connectivity index (χ1n) is 4.62. The van der Waals surface area contributed by atoms with E-state index in [1.54, 1.807) is 6.92 Å². The van der Waals surface area contributed by atoms with Gasteiger partial charge >= 0.3 is 5.08 Å². The third kappa shape index (κ3) is 2.60. The number of ether oxygens (including phenoxy) is 1. The molecule has 0 saturated carbocycles. The fourth-order valence-electron chi connectivity index (χ4n) is 1.16. The van der Waals surface area contributed by atoms with Gasteiger partial charge in [-0.1, -0.05) is 6.58 Å². The first kappa shape index (κ1) is 11.8. The molecular formula is C10H13N4O2+. The van der Waals surface area contributed by atoms with Crippen LogP contribution in [0, 0.1) is 5.39 Å². The van der Waals surface area contributed by atoms with E-state index < -0.39 is 0 Å². The van der Waals surface area contributed by atoms with Gasteiger partial charge < -0.3 is 9.72 Å². The highest BCUT2D eigenvalue weighted by Gasteiger charge is 2.15. The van der Waals surface area contributed by atoms with E-state index in [-0.39, 0.29) is 17.7 Å². The van der Waals surface area contributed by atoms with Gasteiger partial charge in [0.15, 0.2) is 5.75 Å². The molecule has 0 unspecified atom stereocenters. The Labute approximate surface area is 92.8 Å². The molecule has 0 aliphatic rings. The second kappa shape index (κ2) is 4.98. The number of hydrogen-bond acceptors (Lipinski definition) is 4. The van der Waals surface area contributed by atoms with Gasteiger partial charge in [0.1, 0.15) is 6.54 Å². The minimum atomic E-state index is -0.226. The van der Waals surface area contributed by atoms with Gasteiger partial charge in [-0.25, -0.2) is 0 Å². The van der Waals surface area contributed by atoms with Crippen LogP contribution in [0.2, 0.25) is 0 Å². The number of allylic oxidation sites excluding steroid dienone is 1. The lowest BCUT2D eigenvalue weighted by Crippen LogP contribution is -2.15. The van der Waals surface area contributed by atoms with Crippen molar-refractivity contribution in [1.29, 1.82) is 5.39 Å². The Morgan fingerprint density at radius 1 is 1.75 bits per heavy atom. The topological polar surface area (TPSA) is 73.5 Å². The molecule has 1 aromatic heterocycles. The van der Waals surface area contributed by atoms with E-state index in [4.69, 9.17) is 10.1 Å². The second-order valence-electron chi connectivity index (χ2n) is 3.27. The van der Waals surface area contributed by atoms with Gasteiger partial charge in [0.2, 0.25) is 5.43 Å². The molecule has 1 N–H and O–H groups in total. The van der Waals surface area contributed by atoms with Crippen LogP contribution in [0.5, 0.6) is 5.75 Å². The molecule has 0 radical (unpaired) electrons. The SMILES string of the molecule is C=C(C)N(Cc1cc(=O)c(OC)c[nH]1)[N+]#N. The summed E-state index contributed by atoms with van der Waals surface area (Å²) in [5, 5.41) is 13.0. The van der Waals surface area contributed by atoms with Crippen molar-refractivity contribution in [3.05, 3.63) is 45.5 Å². The predicted molar refractivity (Wildman–Crippen MR) is 59.1 cm³/mol. The highest BCUT2D eigenvalue weighted by molar-refractivity contribution is 5.20. The maximum absolute atomic E-state index is 11.4. The molecule has 0 bridgehead atoms. The zero-order chi connectivity index (χ0) is 12.1. The van der Waals surface area contributed by atoms with Crippen LogP contribution in [0.15, 0.2) is 29.3 Å². The number of diazo groups is 1. The Balaban J connectivity index is 2.91. The van der Waals surface area contributed by atoms with E-state index in [0.717, 1.165) is 0 Å². The van der Waals surface area contributed by atoms with E-state index in [9.17, 15) is 4.79 Å². The van der Waals surface area contributed by atoms with Crippen LogP contribution in [-0.4, -0.2) is 17.1 Å². The standard InChI is InChI=1S/C10H12N4O2/c1-7(2)14(13-11)6-8-4-9(15)10(16-3)5-12-8/h4-5H,1,6H2,2-3H3/p+1. The summed E-state index contributed by atoms with van der Waals surface area (Å²) in [4.78, 5) is 14.3. The highest BCUT2D eigenvalue weighted by atomic mass is 16.5. The summed E-state index contributed by atoms with van der Waals surface area (Å²) in [5.74, 6) is 0.242. The Kier molecular flexibility index (Phi) is 3.67. The number of rotatable bonds is 4. The fraction of sp³-hybridized carbons (Fsp3) is 0.300. The number of aromatic nitrogens is 1. The van der Waals surface area contributed by atoms with Gasteiger partial charge in [0.25, 0.3) is 5.39 Å². The van der Waals surface area contributed by atoms with Crippen LogP contribution in [0.3, 0.4) is 0 Å². The van der Waals surface area contributed by atoms with E-state index >= 15 is 0 Å². The van der Waals surface area contributed by atoms with E-state index in [2.05, 4.69) is 16.6 Å². The van der Waals surface area contributed by atoms with Crippen LogP contribution in [0.25, 0.3) is 5.08 Å². The predicted octanol–water partition coefficient (Wildman–Crippen LogP) is 1.49. The summed E-state index contributed by atoms with van der Waals surface area (Å²) >= 11 is 0. The van der Waals surface area contributed by atoms with Gasteiger partial charge in [-0.05, 0) is 6.92 Å². The summed E-state index contributed by atoms with van der Waals surface area (Å²) in [6.07, 6.45) is 1.46. The number of H-pyrrole nitrogens is 1. The molecular weight excluding hydrogens is 208 g/mol. The van der Waals surface area contributed by atoms with Crippen LogP contribution in [0.4, 0.5) is 0 Å². The van der Waals surface area contributed by atoms with Crippen molar-refractivity contribution in [1.82, 2.24) is 9.99 Å². The Bertz CT molecular complexity index is 486. The van der Waals surface area contributed by atoms with E-state index in [1.807, 2.05) is 0 Å². The average molecular weight is 221 g/mol. The van der Waals surface area contributed by atoms with Crippen molar-refractivity contribution in [3.8, 4) is 5.75 Å². The first-order valence-corrected chi connectivity index (χ1v) is 4.62. The largest absolute Gasteiger partial charge is 0.491 e. The van der Waals surface area contributed by atoms with Crippen LogP contribution in [-0.2, 0) is 6.54 Å². The van der Waals surface area contributed by atoms with Crippen molar-refractivity contribution in [2.24, 2.45) is 0 Å². The summed E-state index contributed by atoms with van der Waals surface area (Å²) in [5.41, 5.74) is 0.946. The molecule has 84 valence electrons. The quantitative estimate of drug-likeness (QED) is 0.617. The van der Waals surface area contributed by atoms with Crippen molar-refractivity contribution in [2.45, 2.75) is 13.5 Å². The summed E-state index contributed by atoms with van der Waals surface area (Å²) < 4.78 is 4.83. The summed E-state index contributed by atoms with van der Waals surface area (Å²) in [7, 11) is 1.42. The Morgan fingerprint density at radius 2 is 2.44 bits per heavy atom. The minimum Gasteiger partial charge on any atom is -0.491 e. The Morgan fingerprint density at radius 3 is 2.88 bits per heavy atom. The normalized spacial score (nSPS) is 9.31. The maximum atomic E-state index is 11.4. The number of nitrogens with one attached hydrogen (secondary N) is 1. The van der Waals surface area contributed by atoms with Crippen molar-refractivity contribution >= 4 is 0 Å². The van der Waals surface area contributed by atoms with Crippen LogP contribution < -0.4 is 10.2 Å². The number of nitrogens with zero attached hydrogens (tertiary/aromatic N) is 3.